The first-order valence-corrected chi connectivity index (χ1v) is 12.0. The van der Waals surface area contributed by atoms with Gasteiger partial charge in [0, 0.05) is 57.4 Å². The van der Waals surface area contributed by atoms with Crippen molar-refractivity contribution in [2.45, 2.75) is 44.8 Å². The molecule has 1 aliphatic carbocycles. The Bertz CT molecular complexity index is 1130. The number of ether oxygens (including phenoxy) is 2. The van der Waals surface area contributed by atoms with Crippen LogP contribution in [0.3, 0.4) is 0 Å². The number of rotatable bonds is 6. The van der Waals surface area contributed by atoms with E-state index in [9.17, 15) is 0 Å². The molecule has 1 saturated carbocycles. The molecule has 3 heterocycles. The number of hydrogen-bond acceptors (Lipinski definition) is 10. The number of anilines is 3. The van der Waals surface area contributed by atoms with Gasteiger partial charge in [-0.25, -0.2) is 4.98 Å². The Morgan fingerprint density at radius 2 is 1.76 bits per heavy atom. The number of hydrogen-bond donors (Lipinski definition) is 1. The van der Waals surface area contributed by atoms with Crippen LogP contribution in [0.2, 0.25) is 0 Å². The summed E-state index contributed by atoms with van der Waals surface area (Å²) in [4.78, 5) is 26.7. The molecule has 0 bridgehead atoms. The van der Waals surface area contributed by atoms with Crippen molar-refractivity contribution in [2.24, 2.45) is 0 Å². The van der Waals surface area contributed by atoms with E-state index in [1.165, 1.54) is 0 Å². The monoisotopic (exact) mass is 464 g/mol. The Labute approximate surface area is 199 Å². The van der Waals surface area contributed by atoms with Crippen LogP contribution < -0.4 is 19.9 Å². The lowest BCUT2D eigenvalue weighted by Crippen LogP contribution is -2.36. The average molecular weight is 465 g/mol. The second-order valence-corrected chi connectivity index (χ2v) is 9.10. The van der Waals surface area contributed by atoms with Crippen molar-refractivity contribution in [3.8, 4) is 5.75 Å². The van der Waals surface area contributed by atoms with Crippen LogP contribution in [0.1, 0.15) is 31.5 Å². The lowest BCUT2D eigenvalue weighted by atomic mass is 9.93. The van der Waals surface area contributed by atoms with Crippen LogP contribution in [0.25, 0.3) is 11.0 Å². The van der Waals surface area contributed by atoms with Crippen molar-refractivity contribution in [1.29, 1.82) is 0 Å². The molecule has 2 fully saturated rings. The lowest BCUT2D eigenvalue weighted by molar-refractivity contribution is 0.122. The second-order valence-electron chi connectivity index (χ2n) is 9.10. The van der Waals surface area contributed by atoms with Crippen molar-refractivity contribution < 1.29 is 9.47 Å². The predicted molar refractivity (Wildman–Crippen MR) is 132 cm³/mol. The van der Waals surface area contributed by atoms with Crippen molar-refractivity contribution in [2.75, 3.05) is 55.5 Å². The van der Waals surface area contributed by atoms with E-state index in [1.807, 2.05) is 25.9 Å². The minimum absolute atomic E-state index is 0.139. The fourth-order valence-electron chi connectivity index (χ4n) is 4.54. The van der Waals surface area contributed by atoms with Crippen LogP contribution in [0.5, 0.6) is 5.75 Å². The van der Waals surface area contributed by atoms with E-state index in [0.717, 1.165) is 74.5 Å². The SMILES string of the molecule is Cc1nc(N[C@H]2CC[C@@H](Oc3cc(N4CCOCC4)cc4nccnc34)CC2)nc(N(C)C)n1. The van der Waals surface area contributed by atoms with Crippen LogP contribution in [-0.2, 0) is 4.74 Å². The van der Waals surface area contributed by atoms with E-state index < -0.39 is 0 Å². The first-order valence-electron chi connectivity index (χ1n) is 12.0. The van der Waals surface area contributed by atoms with Gasteiger partial charge in [0.05, 0.1) is 24.8 Å². The normalized spacial score (nSPS) is 20.9. The zero-order valence-electron chi connectivity index (χ0n) is 20.1. The fraction of sp³-hybridized carbons (Fsp3) is 0.542. The predicted octanol–water partition coefficient (Wildman–Crippen LogP) is 2.83. The summed E-state index contributed by atoms with van der Waals surface area (Å²) in [6, 6.07) is 4.52. The molecular formula is C24H32N8O2. The molecule has 2 aromatic heterocycles. The molecule has 10 heteroatoms. The van der Waals surface area contributed by atoms with Crippen LogP contribution in [0.4, 0.5) is 17.6 Å². The zero-order chi connectivity index (χ0) is 23.5. The van der Waals surface area contributed by atoms with Gasteiger partial charge in [-0.05, 0) is 38.7 Å². The molecule has 34 heavy (non-hydrogen) atoms. The molecule has 0 atom stereocenters. The minimum atomic E-state index is 0.139. The largest absolute Gasteiger partial charge is 0.488 e. The van der Waals surface area contributed by atoms with Crippen LogP contribution in [0.15, 0.2) is 24.5 Å². The highest BCUT2D eigenvalue weighted by Crippen LogP contribution is 2.33. The fourth-order valence-corrected chi connectivity index (χ4v) is 4.54. The summed E-state index contributed by atoms with van der Waals surface area (Å²) in [5.74, 6) is 2.83. The lowest BCUT2D eigenvalue weighted by Gasteiger charge is -2.31. The molecule has 1 aliphatic heterocycles. The van der Waals surface area contributed by atoms with Gasteiger partial charge in [0.1, 0.15) is 17.1 Å². The highest BCUT2D eigenvalue weighted by atomic mass is 16.5. The zero-order valence-corrected chi connectivity index (χ0v) is 20.1. The molecule has 0 amide bonds. The highest BCUT2D eigenvalue weighted by Gasteiger charge is 2.25. The molecule has 0 unspecified atom stereocenters. The van der Waals surface area contributed by atoms with Crippen molar-refractivity contribution >= 4 is 28.6 Å². The Hall–Kier alpha value is -3.27. The summed E-state index contributed by atoms with van der Waals surface area (Å²) >= 11 is 0. The quantitative estimate of drug-likeness (QED) is 0.586. The van der Waals surface area contributed by atoms with Gasteiger partial charge >= 0.3 is 0 Å². The molecule has 3 aromatic rings. The van der Waals surface area contributed by atoms with Crippen molar-refractivity contribution in [3.63, 3.8) is 0 Å². The molecule has 2 aliphatic rings. The van der Waals surface area contributed by atoms with E-state index in [4.69, 9.17) is 9.47 Å². The number of aromatic nitrogens is 5. The molecule has 1 aromatic carbocycles. The third-order valence-corrected chi connectivity index (χ3v) is 6.34. The van der Waals surface area contributed by atoms with Gasteiger partial charge in [0.25, 0.3) is 0 Å². The molecule has 10 nitrogen and oxygen atoms in total. The second kappa shape index (κ2) is 9.92. The van der Waals surface area contributed by atoms with Gasteiger partial charge in [-0.2, -0.15) is 15.0 Å². The Morgan fingerprint density at radius 3 is 2.53 bits per heavy atom. The number of nitrogens with one attached hydrogen (secondary N) is 1. The Kier molecular flexibility index (Phi) is 6.57. The van der Waals surface area contributed by atoms with Crippen LogP contribution >= 0.6 is 0 Å². The molecule has 0 spiro atoms. The topological polar surface area (TPSA) is 101 Å². The maximum atomic E-state index is 6.53. The van der Waals surface area contributed by atoms with E-state index in [-0.39, 0.29) is 6.10 Å². The third-order valence-electron chi connectivity index (χ3n) is 6.34. The van der Waals surface area contributed by atoms with Gasteiger partial charge in [-0.15, -0.1) is 0 Å². The van der Waals surface area contributed by atoms with Gasteiger partial charge in [-0.3, -0.25) is 4.98 Å². The summed E-state index contributed by atoms with van der Waals surface area (Å²) < 4.78 is 12.0. The molecule has 1 saturated heterocycles. The maximum absolute atomic E-state index is 6.53. The van der Waals surface area contributed by atoms with Gasteiger partial charge < -0.3 is 24.6 Å². The number of aryl methyl sites for hydroxylation is 1. The van der Waals surface area contributed by atoms with Gasteiger partial charge in [-0.1, -0.05) is 0 Å². The number of morpholine rings is 1. The molecule has 1 N–H and O–H groups in total. The number of fused-ring (bicyclic) bond motifs is 1. The minimum Gasteiger partial charge on any atom is -0.488 e. The number of nitrogens with zero attached hydrogens (tertiary/aromatic N) is 7. The average Bonchev–Trinajstić information content (AvgIpc) is 2.85. The van der Waals surface area contributed by atoms with Crippen molar-refractivity contribution in [1.82, 2.24) is 24.9 Å². The maximum Gasteiger partial charge on any atom is 0.229 e. The standard InChI is InChI=1S/C24H32N8O2/c1-16-27-23(30-24(28-16)31(2)3)29-17-4-6-19(7-5-17)34-21-15-18(32-10-12-33-13-11-32)14-20-22(21)26-9-8-25-20/h8-9,14-15,17,19H,4-7,10-13H2,1-3H3,(H,27,28,29,30)/t17-,19+. The van der Waals surface area contributed by atoms with Gasteiger partial charge in [0.2, 0.25) is 11.9 Å². The third kappa shape index (κ3) is 5.11. The molecule has 0 radical (unpaired) electrons. The molecule has 180 valence electrons. The summed E-state index contributed by atoms with van der Waals surface area (Å²) in [5, 5.41) is 3.50. The summed E-state index contributed by atoms with van der Waals surface area (Å²) in [5.41, 5.74) is 2.79. The Morgan fingerprint density at radius 1 is 1.00 bits per heavy atom. The first kappa shape index (κ1) is 22.5. The Balaban J connectivity index is 1.26. The summed E-state index contributed by atoms with van der Waals surface area (Å²) in [6.07, 6.45) is 7.47. The summed E-state index contributed by atoms with van der Waals surface area (Å²) in [7, 11) is 3.87. The number of benzene rings is 1. The van der Waals surface area contributed by atoms with E-state index in [0.29, 0.717) is 23.8 Å². The van der Waals surface area contributed by atoms with Gasteiger partial charge in [0.15, 0.2) is 0 Å². The van der Waals surface area contributed by atoms with E-state index in [2.05, 4.69) is 47.3 Å². The van der Waals surface area contributed by atoms with E-state index in [1.54, 1.807) is 12.4 Å². The van der Waals surface area contributed by atoms with Crippen molar-refractivity contribution in [3.05, 3.63) is 30.4 Å². The molecular weight excluding hydrogens is 432 g/mol. The summed E-state index contributed by atoms with van der Waals surface area (Å²) in [6.45, 7) is 5.11. The van der Waals surface area contributed by atoms with Crippen LogP contribution in [0, 0.1) is 6.92 Å². The first-order chi connectivity index (χ1) is 16.5. The van der Waals surface area contributed by atoms with E-state index >= 15 is 0 Å². The highest BCUT2D eigenvalue weighted by molar-refractivity contribution is 5.85. The molecule has 5 rings (SSSR count). The smallest absolute Gasteiger partial charge is 0.229 e. The van der Waals surface area contributed by atoms with Crippen LogP contribution in [-0.4, -0.2) is 77.5 Å².